The van der Waals surface area contributed by atoms with Gasteiger partial charge >= 0.3 is 0 Å². The van der Waals surface area contributed by atoms with Gasteiger partial charge in [0.1, 0.15) is 5.76 Å². The van der Waals surface area contributed by atoms with Gasteiger partial charge in [0.2, 0.25) is 5.91 Å². The molecule has 0 saturated carbocycles. The third-order valence-corrected chi connectivity index (χ3v) is 5.62. The Labute approximate surface area is 134 Å². The molecule has 4 rings (SSSR count). The number of likely N-dealkylation sites (tertiary alicyclic amines) is 1. The van der Waals surface area contributed by atoms with Crippen molar-refractivity contribution in [1.29, 1.82) is 0 Å². The van der Waals surface area contributed by atoms with E-state index in [4.69, 9.17) is 4.42 Å². The highest BCUT2D eigenvalue weighted by molar-refractivity contribution is 7.08. The van der Waals surface area contributed by atoms with E-state index in [-0.39, 0.29) is 5.41 Å². The van der Waals surface area contributed by atoms with Gasteiger partial charge in [-0.05, 0) is 49.4 Å². The smallest absolute Gasteiger partial charge is 0.234 e. The van der Waals surface area contributed by atoms with Crippen LogP contribution >= 0.6 is 11.3 Å². The van der Waals surface area contributed by atoms with E-state index in [1.54, 1.807) is 17.6 Å². The lowest BCUT2D eigenvalue weighted by Gasteiger charge is -2.38. The SMILES string of the molecule is O=C1N(c2ccsc2)CC[C@]12CCCN(Cc1ccco1)C2. The summed E-state index contributed by atoms with van der Waals surface area (Å²) in [6, 6.07) is 5.98. The van der Waals surface area contributed by atoms with Crippen LogP contribution in [0.1, 0.15) is 25.0 Å². The maximum absolute atomic E-state index is 13.0. The standard InChI is InChI=1S/C17H20N2O2S/c20-16-17(6-8-19(16)14-4-10-22-12-14)5-2-7-18(13-17)11-15-3-1-9-21-15/h1,3-4,9-10,12H,2,5-8,11,13H2/t17-/m0/s1. The summed E-state index contributed by atoms with van der Waals surface area (Å²) >= 11 is 1.65. The van der Waals surface area contributed by atoms with Crippen molar-refractivity contribution < 1.29 is 9.21 Å². The summed E-state index contributed by atoms with van der Waals surface area (Å²) in [4.78, 5) is 17.4. The fourth-order valence-electron chi connectivity index (χ4n) is 3.84. The number of anilines is 1. The van der Waals surface area contributed by atoms with Crippen LogP contribution in [0, 0.1) is 5.41 Å². The van der Waals surface area contributed by atoms with Crippen molar-refractivity contribution >= 4 is 22.9 Å². The van der Waals surface area contributed by atoms with Crippen LogP contribution in [0.4, 0.5) is 5.69 Å². The summed E-state index contributed by atoms with van der Waals surface area (Å²) in [6.07, 6.45) is 4.79. The summed E-state index contributed by atoms with van der Waals surface area (Å²) in [5, 5.41) is 4.11. The molecule has 116 valence electrons. The summed E-state index contributed by atoms with van der Waals surface area (Å²) < 4.78 is 5.46. The van der Waals surface area contributed by atoms with E-state index >= 15 is 0 Å². The van der Waals surface area contributed by atoms with Gasteiger partial charge in [0.15, 0.2) is 0 Å². The minimum atomic E-state index is -0.188. The molecule has 2 aromatic rings. The fraction of sp³-hybridized carbons (Fsp3) is 0.471. The van der Waals surface area contributed by atoms with E-state index in [2.05, 4.69) is 10.3 Å². The Bertz CT molecular complexity index is 638. The molecule has 0 unspecified atom stereocenters. The van der Waals surface area contributed by atoms with Crippen LogP contribution in [0.15, 0.2) is 39.6 Å². The molecule has 4 heterocycles. The van der Waals surface area contributed by atoms with E-state index < -0.39 is 0 Å². The predicted octanol–water partition coefficient (Wildman–Crippen LogP) is 3.36. The molecule has 1 atom stereocenters. The van der Waals surface area contributed by atoms with E-state index in [9.17, 15) is 4.79 Å². The molecule has 2 fully saturated rings. The number of piperidine rings is 1. The van der Waals surface area contributed by atoms with Crippen molar-refractivity contribution in [2.45, 2.75) is 25.8 Å². The van der Waals surface area contributed by atoms with Gasteiger partial charge in [0.25, 0.3) is 0 Å². The second-order valence-corrected chi connectivity index (χ2v) is 7.14. The Hall–Kier alpha value is -1.59. The van der Waals surface area contributed by atoms with Gasteiger partial charge < -0.3 is 9.32 Å². The quantitative estimate of drug-likeness (QED) is 0.871. The van der Waals surface area contributed by atoms with E-state index in [1.807, 2.05) is 28.5 Å². The van der Waals surface area contributed by atoms with Gasteiger partial charge in [-0.2, -0.15) is 11.3 Å². The van der Waals surface area contributed by atoms with Crippen molar-refractivity contribution in [3.63, 3.8) is 0 Å². The molecular weight excluding hydrogens is 296 g/mol. The Kier molecular flexibility index (Phi) is 3.54. The Balaban J connectivity index is 1.50. The highest BCUT2D eigenvalue weighted by Crippen LogP contribution is 2.42. The Morgan fingerprint density at radius 2 is 2.23 bits per heavy atom. The number of amides is 1. The van der Waals surface area contributed by atoms with Gasteiger partial charge in [0.05, 0.1) is 23.9 Å². The molecule has 2 saturated heterocycles. The molecule has 2 aliphatic heterocycles. The number of furan rings is 1. The number of hydrogen-bond donors (Lipinski definition) is 0. The molecule has 2 aromatic heterocycles. The van der Waals surface area contributed by atoms with Crippen molar-refractivity contribution in [3.05, 3.63) is 41.0 Å². The highest BCUT2D eigenvalue weighted by atomic mass is 32.1. The molecule has 5 heteroatoms. The average molecular weight is 316 g/mol. The first-order valence-corrected chi connectivity index (χ1v) is 8.80. The van der Waals surface area contributed by atoms with Crippen LogP contribution in [-0.4, -0.2) is 30.4 Å². The lowest BCUT2D eigenvalue weighted by molar-refractivity contribution is -0.128. The zero-order valence-electron chi connectivity index (χ0n) is 12.5. The van der Waals surface area contributed by atoms with Crippen molar-refractivity contribution in [2.24, 2.45) is 5.41 Å². The minimum absolute atomic E-state index is 0.188. The molecule has 1 spiro atoms. The number of carbonyl (C=O) groups excluding carboxylic acids is 1. The molecular formula is C17H20N2O2S. The van der Waals surface area contributed by atoms with Gasteiger partial charge in [-0.15, -0.1) is 0 Å². The summed E-state index contributed by atoms with van der Waals surface area (Å²) in [7, 11) is 0. The molecule has 2 aliphatic rings. The lowest BCUT2D eigenvalue weighted by atomic mass is 9.78. The molecule has 22 heavy (non-hydrogen) atoms. The van der Waals surface area contributed by atoms with Crippen LogP contribution in [0.25, 0.3) is 0 Å². The summed E-state index contributed by atoms with van der Waals surface area (Å²) in [5.41, 5.74) is 0.877. The molecule has 0 radical (unpaired) electrons. The minimum Gasteiger partial charge on any atom is -0.468 e. The number of hydrogen-bond acceptors (Lipinski definition) is 4. The summed E-state index contributed by atoms with van der Waals surface area (Å²) in [5.74, 6) is 1.30. The third-order valence-electron chi connectivity index (χ3n) is 4.95. The van der Waals surface area contributed by atoms with Crippen LogP contribution in [0.2, 0.25) is 0 Å². The van der Waals surface area contributed by atoms with Crippen LogP contribution in [0.3, 0.4) is 0 Å². The van der Waals surface area contributed by atoms with E-state index in [0.29, 0.717) is 5.91 Å². The molecule has 0 bridgehead atoms. The Morgan fingerprint density at radius 3 is 3.00 bits per heavy atom. The molecule has 0 aromatic carbocycles. The molecule has 1 amide bonds. The number of rotatable bonds is 3. The average Bonchev–Trinajstić information content (AvgIpc) is 3.24. The highest BCUT2D eigenvalue weighted by Gasteiger charge is 2.49. The van der Waals surface area contributed by atoms with Crippen molar-refractivity contribution in [2.75, 3.05) is 24.5 Å². The maximum Gasteiger partial charge on any atom is 0.234 e. The van der Waals surface area contributed by atoms with E-state index in [1.165, 1.54) is 0 Å². The second-order valence-electron chi connectivity index (χ2n) is 6.36. The Morgan fingerprint density at radius 1 is 1.27 bits per heavy atom. The zero-order valence-corrected chi connectivity index (χ0v) is 13.3. The topological polar surface area (TPSA) is 36.7 Å². The molecule has 0 aliphatic carbocycles. The number of nitrogens with zero attached hydrogens (tertiary/aromatic N) is 2. The molecule has 4 nitrogen and oxygen atoms in total. The first-order valence-electron chi connectivity index (χ1n) is 7.86. The van der Waals surface area contributed by atoms with Gasteiger partial charge in [-0.25, -0.2) is 0 Å². The van der Waals surface area contributed by atoms with E-state index in [0.717, 1.165) is 56.9 Å². The van der Waals surface area contributed by atoms with Gasteiger partial charge in [0, 0.05) is 18.5 Å². The van der Waals surface area contributed by atoms with Gasteiger partial charge in [-0.3, -0.25) is 9.69 Å². The van der Waals surface area contributed by atoms with Crippen molar-refractivity contribution in [3.8, 4) is 0 Å². The fourth-order valence-corrected chi connectivity index (χ4v) is 4.48. The van der Waals surface area contributed by atoms with Crippen LogP contribution < -0.4 is 4.90 Å². The first kappa shape index (κ1) is 14.0. The monoisotopic (exact) mass is 316 g/mol. The summed E-state index contributed by atoms with van der Waals surface area (Å²) in [6.45, 7) is 3.56. The predicted molar refractivity (Wildman–Crippen MR) is 86.9 cm³/mol. The zero-order chi connectivity index (χ0) is 15.0. The molecule has 0 N–H and O–H groups in total. The van der Waals surface area contributed by atoms with Crippen molar-refractivity contribution in [1.82, 2.24) is 4.90 Å². The third kappa shape index (κ3) is 2.38. The first-order chi connectivity index (χ1) is 10.8. The van der Waals surface area contributed by atoms with Gasteiger partial charge in [-0.1, -0.05) is 0 Å². The normalized spacial score (nSPS) is 26.2. The maximum atomic E-state index is 13.0. The second kappa shape index (κ2) is 5.56. The lowest BCUT2D eigenvalue weighted by Crippen LogP contribution is -2.47. The largest absolute Gasteiger partial charge is 0.468 e. The number of carbonyl (C=O) groups is 1. The van der Waals surface area contributed by atoms with Crippen LogP contribution in [-0.2, 0) is 11.3 Å². The number of thiophene rings is 1. The van der Waals surface area contributed by atoms with Crippen LogP contribution in [0.5, 0.6) is 0 Å².